The van der Waals surface area contributed by atoms with Crippen molar-refractivity contribution in [1.29, 1.82) is 0 Å². The topological polar surface area (TPSA) is 30.0 Å². The average molecular weight is 252 g/mol. The second-order valence-corrected chi connectivity index (χ2v) is 4.61. The van der Waals surface area contributed by atoms with Crippen LogP contribution in [0.1, 0.15) is 27.9 Å². The fraction of sp³-hybridized carbons (Fsp3) is 0.167. The van der Waals surface area contributed by atoms with Crippen LogP contribution in [0.3, 0.4) is 0 Å². The third kappa shape index (κ3) is 2.01. The maximum atomic E-state index is 12.2. The van der Waals surface area contributed by atoms with Crippen LogP contribution in [0, 0.1) is 0 Å². The van der Waals surface area contributed by atoms with Crippen molar-refractivity contribution in [3.8, 4) is 0 Å². The van der Waals surface area contributed by atoms with Crippen LogP contribution in [0.25, 0.3) is 0 Å². The normalized spacial score (nSPS) is 10.4. The summed E-state index contributed by atoms with van der Waals surface area (Å²) in [7, 11) is 0. The van der Waals surface area contributed by atoms with E-state index in [0.717, 1.165) is 12.0 Å². The Hall–Kier alpha value is -1.19. The molecule has 0 aliphatic carbocycles. The largest absolute Gasteiger partial charge is 0.286 e. The van der Waals surface area contributed by atoms with Crippen LogP contribution in [-0.2, 0) is 6.42 Å². The number of hydrogen-bond donors (Lipinski definition) is 0. The number of aryl methyl sites for hydroxylation is 1. The molecule has 0 fully saturated rings. The first-order valence-electron chi connectivity index (χ1n) is 4.95. The third-order valence-corrected chi connectivity index (χ3v) is 3.65. The van der Waals surface area contributed by atoms with Crippen LogP contribution in [0.2, 0.25) is 5.02 Å². The molecule has 4 heteroatoms. The number of halogens is 1. The number of nitrogens with zero attached hydrogens (tertiary/aromatic N) is 1. The van der Waals surface area contributed by atoms with E-state index in [2.05, 4.69) is 4.98 Å². The standard InChI is InChI=1S/C12H10ClNOS/c1-2-8-4-3-6-14-10(8)11(15)12-9(13)5-7-16-12/h3-7H,2H2,1H3. The Morgan fingerprint density at radius 3 is 2.94 bits per heavy atom. The molecule has 0 spiro atoms. The highest BCUT2D eigenvalue weighted by atomic mass is 35.5. The van der Waals surface area contributed by atoms with Crippen LogP contribution in [0.5, 0.6) is 0 Å². The number of carbonyl (C=O) groups excluding carboxylic acids is 1. The van der Waals surface area contributed by atoms with E-state index in [1.807, 2.05) is 24.4 Å². The molecule has 0 saturated carbocycles. The number of ketones is 1. The zero-order valence-corrected chi connectivity index (χ0v) is 10.3. The van der Waals surface area contributed by atoms with E-state index < -0.39 is 0 Å². The highest BCUT2D eigenvalue weighted by Crippen LogP contribution is 2.25. The second-order valence-electron chi connectivity index (χ2n) is 3.29. The highest BCUT2D eigenvalue weighted by molar-refractivity contribution is 7.13. The first kappa shape index (κ1) is 11.3. The molecule has 0 amide bonds. The van der Waals surface area contributed by atoms with Gasteiger partial charge < -0.3 is 0 Å². The summed E-state index contributed by atoms with van der Waals surface area (Å²) < 4.78 is 0. The van der Waals surface area contributed by atoms with Crippen molar-refractivity contribution in [3.05, 3.63) is 50.9 Å². The Bertz CT molecular complexity index is 521. The van der Waals surface area contributed by atoms with Crippen LogP contribution in [0.15, 0.2) is 29.8 Å². The molecule has 82 valence electrons. The zero-order chi connectivity index (χ0) is 11.5. The number of rotatable bonds is 3. The van der Waals surface area contributed by atoms with Gasteiger partial charge in [0.25, 0.3) is 0 Å². The molecule has 0 unspecified atom stereocenters. The Morgan fingerprint density at radius 2 is 2.31 bits per heavy atom. The molecule has 0 aliphatic rings. The molecule has 2 heterocycles. The van der Waals surface area contributed by atoms with E-state index in [1.54, 1.807) is 12.3 Å². The molecular weight excluding hydrogens is 242 g/mol. The number of aromatic nitrogens is 1. The van der Waals surface area contributed by atoms with Crippen molar-refractivity contribution in [1.82, 2.24) is 4.98 Å². The van der Waals surface area contributed by atoms with Gasteiger partial charge in [-0.05, 0) is 29.5 Å². The van der Waals surface area contributed by atoms with Gasteiger partial charge in [0.05, 0.1) is 9.90 Å². The van der Waals surface area contributed by atoms with Crippen molar-refractivity contribution < 1.29 is 4.79 Å². The Labute approximate surface area is 103 Å². The van der Waals surface area contributed by atoms with E-state index in [-0.39, 0.29) is 5.78 Å². The summed E-state index contributed by atoms with van der Waals surface area (Å²) in [5.41, 5.74) is 1.46. The minimum absolute atomic E-state index is 0.0857. The number of carbonyl (C=O) groups is 1. The molecule has 16 heavy (non-hydrogen) atoms. The predicted octanol–water partition coefficient (Wildman–Crippen LogP) is 3.59. The maximum Gasteiger partial charge on any atom is 0.223 e. The molecule has 0 aromatic carbocycles. The lowest BCUT2D eigenvalue weighted by atomic mass is 10.1. The van der Waals surface area contributed by atoms with Gasteiger partial charge in [0.1, 0.15) is 5.69 Å². The summed E-state index contributed by atoms with van der Waals surface area (Å²) in [5.74, 6) is -0.0857. The summed E-state index contributed by atoms with van der Waals surface area (Å²) in [4.78, 5) is 16.9. The predicted molar refractivity (Wildman–Crippen MR) is 66.4 cm³/mol. The van der Waals surface area contributed by atoms with Gasteiger partial charge in [-0.25, -0.2) is 0 Å². The Morgan fingerprint density at radius 1 is 1.50 bits per heavy atom. The van der Waals surface area contributed by atoms with E-state index in [0.29, 0.717) is 15.6 Å². The molecule has 2 nitrogen and oxygen atoms in total. The second kappa shape index (κ2) is 4.76. The first-order valence-corrected chi connectivity index (χ1v) is 6.21. The minimum atomic E-state index is -0.0857. The van der Waals surface area contributed by atoms with Crippen LogP contribution >= 0.6 is 22.9 Å². The van der Waals surface area contributed by atoms with Crippen LogP contribution < -0.4 is 0 Å². The van der Waals surface area contributed by atoms with Crippen molar-refractivity contribution >= 4 is 28.7 Å². The zero-order valence-electron chi connectivity index (χ0n) is 8.74. The van der Waals surface area contributed by atoms with Gasteiger partial charge in [-0.2, -0.15) is 0 Å². The Kier molecular flexibility index (Phi) is 3.36. The lowest BCUT2D eigenvalue weighted by molar-refractivity contribution is 0.103. The van der Waals surface area contributed by atoms with Crippen molar-refractivity contribution in [3.63, 3.8) is 0 Å². The fourth-order valence-corrected chi connectivity index (χ4v) is 2.57. The van der Waals surface area contributed by atoms with E-state index >= 15 is 0 Å². The SMILES string of the molecule is CCc1cccnc1C(=O)c1sccc1Cl. The van der Waals surface area contributed by atoms with Crippen molar-refractivity contribution in [2.45, 2.75) is 13.3 Å². The molecule has 0 N–H and O–H groups in total. The molecule has 0 radical (unpaired) electrons. The molecular formula is C12H10ClNOS. The number of thiophene rings is 1. The van der Waals surface area contributed by atoms with E-state index in [1.165, 1.54) is 11.3 Å². The molecule has 0 atom stereocenters. The summed E-state index contributed by atoms with van der Waals surface area (Å²) in [6.07, 6.45) is 2.42. The third-order valence-electron chi connectivity index (χ3n) is 2.31. The maximum absolute atomic E-state index is 12.2. The summed E-state index contributed by atoms with van der Waals surface area (Å²) in [6, 6.07) is 5.49. The average Bonchev–Trinajstić information content (AvgIpc) is 2.74. The highest BCUT2D eigenvalue weighted by Gasteiger charge is 2.17. The van der Waals surface area contributed by atoms with Gasteiger partial charge in [0.2, 0.25) is 5.78 Å². The summed E-state index contributed by atoms with van der Waals surface area (Å²) in [5, 5.41) is 2.31. The fourth-order valence-electron chi connectivity index (χ4n) is 1.49. The van der Waals surface area contributed by atoms with Crippen LogP contribution in [-0.4, -0.2) is 10.8 Å². The Balaban J connectivity index is 2.46. The van der Waals surface area contributed by atoms with Gasteiger partial charge in [-0.15, -0.1) is 11.3 Å². The molecule has 0 saturated heterocycles. The van der Waals surface area contributed by atoms with E-state index in [9.17, 15) is 4.79 Å². The quantitative estimate of drug-likeness (QED) is 0.781. The molecule has 2 rings (SSSR count). The summed E-state index contributed by atoms with van der Waals surface area (Å²) >= 11 is 7.29. The van der Waals surface area contributed by atoms with Crippen molar-refractivity contribution in [2.24, 2.45) is 0 Å². The molecule has 2 aromatic rings. The number of hydrogen-bond acceptors (Lipinski definition) is 3. The van der Waals surface area contributed by atoms with Gasteiger partial charge in [0.15, 0.2) is 0 Å². The molecule has 0 bridgehead atoms. The lowest BCUT2D eigenvalue weighted by Gasteiger charge is -2.03. The van der Waals surface area contributed by atoms with Crippen LogP contribution in [0.4, 0.5) is 0 Å². The van der Waals surface area contributed by atoms with E-state index in [4.69, 9.17) is 11.6 Å². The smallest absolute Gasteiger partial charge is 0.223 e. The lowest BCUT2D eigenvalue weighted by Crippen LogP contribution is -2.06. The van der Waals surface area contributed by atoms with Gasteiger partial charge in [0, 0.05) is 6.20 Å². The van der Waals surface area contributed by atoms with Crippen molar-refractivity contribution in [2.75, 3.05) is 0 Å². The molecule has 0 aliphatic heterocycles. The van der Waals surface area contributed by atoms with Gasteiger partial charge in [-0.1, -0.05) is 24.6 Å². The first-order chi connectivity index (χ1) is 7.74. The van der Waals surface area contributed by atoms with Gasteiger partial charge in [-0.3, -0.25) is 9.78 Å². The minimum Gasteiger partial charge on any atom is -0.286 e. The summed E-state index contributed by atoms with van der Waals surface area (Å²) in [6.45, 7) is 2.00. The number of pyridine rings is 1. The molecule has 2 aromatic heterocycles. The van der Waals surface area contributed by atoms with Gasteiger partial charge >= 0.3 is 0 Å². The monoisotopic (exact) mass is 251 g/mol.